The van der Waals surface area contributed by atoms with Gasteiger partial charge < -0.3 is 14.8 Å². The first kappa shape index (κ1) is 19.6. The van der Waals surface area contributed by atoms with Crippen LogP contribution in [0, 0.1) is 5.82 Å². The summed E-state index contributed by atoms with van der Waals surface area (Å²) in [4.78, 5) is 16.9. The summed E-state index contributed by atoms with van der Waals surface area (Å²) in [6, 6.07) is 4.38. The van der Waals surface area contributed by atoms with Crippen molar-refractivity contribution in [3.63, 3.8) is 0 Å². The van der Waals surface area contributed by atoms with Crippen molar-refractivity contribution in [1.29, 1.82) is 0 Å². The van der Waals surface area contributed by atoms with Gasteiger partial charge in [-0.25, -0.2) is 9.37 Å². The molecule has 0 aliphatic rings. The third-order valence-electron chi connectivity index (χ3n) is 4.27. The van der Waals surface area contributed by atoms with Gasteiger partial charge in [-0.1, -0.05) is 11.6 Å². The number of methoxy groups -OCH3 is 1. The van der Waals surface area contributed by atoms with Crippen LogP contribution in [-0.2, 0) is 13.7 Å². The van der Waals surface area contributed by atoms with Crippen LogP contribution in [0.2, 0.25) is 5.02 Å². The Morgan fingerprint density at radius 1 is 1.37 bits per heavy atom. The number of pyridine rings is 1. The number of ether oxygens (including phenoxy) is 2. The van der Waals surface area contributed by atoms with Gasteiger partial charge in [-0.05, 0) is 18.2 Å². The number of carbonyl (C=O) groups is 1. The van der Waals surface area contributed by atoms with Crippen LogP contribution >= 0.6 is 11.6 Å². The van der Waals surface area contributed by atoms with Crippen LogP contribution < -0.4 is 14.8 Å². The van der Waals surface area contributed by atoms with Gasteiger partial charge >= 0.3 is 0 Å². The summed E-state index contributed by atoms with van der Waals surface area (Å²) in [6.45, 7) is 0.0916. The number of aromatic nitrogens is 5. The second-order valence-corrected chi connectivity index (χ2v) is 6.76. The van der Waals surface area contributed by atoms with Crippen molar-refractivity contribution < 1.29 is 18.7 Å². The third kappa shape index (κ3) is 3.77. The Kier molecular flexibility index (Phi) is 5.23. The van der Waals surface area contributed by atoms with Crippen molar-refractivity contribution in [3.8, 4) is 11.6 Å². The molecular formula is C19H16ClFN6O3. The maximum Gasteiger partial charge on any atom is 0.260 e. The Morgan fingerprint density at radius 2 is 2.20 bits per heavy atom. The number of halogens is 2. The molecule has 1 amide bonds. The normalized spacial score (nSPS) is 10.9. The Labute approximate surface area is 174 Å². The molecule has 3 aromatic heterocycles. The predicted octanol–water partition coefficient (Wildman–Crippen LogP) is 3.32. The first-order chi connectivity index (χ1) is 14.5. The van der Waals surface area contributed by atoms with Gasteiger partial charge in [0.15, 0.2) is 17.2 Å². The molecule has 0 saturated carbocycles. The maximum absolute atomic E-state index is 15.0. The lowest BCUT2D eigenvalue weighted by Gasteiger charge is -2.12. The van der Waals surface area contributed by atoms with E-state index >= 15 is 0 Å². The van der Waals surface area contributed by atoms with Crippen molar-refractivity contribution in [2.45, 2.75) is 6.61 Å². The van der Waals surface area contributed by atoms with Crippen LogP contribution in [0.15, 0.2) is 36.8 Å². The molecule has 0 bridgehead atoms. The molecular weight excluding hydrogens is 415 g/mol. The van der Waals surface area contributed by atoms with Gasteiger partial charge in [-0.15, -0.1) is 5.10 Å². The topological polar surface area (TPSA) is 107 Å². The first-order valence-electron chi connectivity index (χ1n) is 8.74. The van der Waals surface area contributed by atoms with Gasteiger partial charge in [-0.3, -0.25) is 14.6 Å². The number of aryl methyl sites for hydroxylation is 1. The average molecular weight is 431 g/mol. The molecule has 2 N–H and O–H groups in total. The van der Waals surface area contributed by atoms with Gasteiger partial charge in [0.25, 0.3) is 5.91 Å². The van der Waals surface area contributed by atoms with Gasteiger partial charge in [-0.2, -0.15) is 5.10 Å². The number of carbonyl (C=O) groups excluding carboxylic acids is 1. The molecule has 0 spiro atoms. The molecule has 11 heteroatoms. The molecule has 0 unspecified atom stereocenters. The molecule has 154 valence electrons. The monoisotopic (exact) mass is 430 g/mol. The first-order valence-corrected chi connectivity index (χ1v) is 9.12. The zero-order valence-corrected chi connectivity index (χ0v) is 16.7. The van der Waals surface area contributed by atoms with E-state index in [9.17, 15) is 9.18 Å². The second kappa shape index (κ2) is 7.99. The predicted molar refractivity (Wildman–Crippen MR) is 107 cm³/mol. The van der Waals surface area contributed by atoms with E-state index in [1.165, 1.54) is 25.4 Å². The number of fused-ring (bicyclic) bond motifs is 1. The summed E-state index contributed by atoms with van der Waals surface area (Å²) in [5.74, 6) is -1.38. The van der Waals surface area contributed by atoms with Crippen LogP contribution in [0.5, 0.6) is 11.6 Å². The molecule has 0 aliphatic carbocycles. The van der Waals surface area contributed by atoms with Crippen LogP contribution in [0.4, 0.5) is 10.1 Å². The Bertz CT molecular complexity index is 1240. The number of amides is 1. The van der Waals surface area contributed by atoms with E-state index in [2.05, 4.69) is 25.6 Å². The summed E-state index contributed by atoms with van der Waals surface area (Å²) in [7, 11) is 3.23. The highest BCUT2D eigenvalue weighted by atomic mass is 35.5. The lowest BCUT2D eigenvalue weighted by atomic mass is 10.1. The standard InChI is InChI=1S/C19H16ClFN6O3/c1-27-8-10(6-23-27)9-30-14-4-3-13(20)15(16(14)21)18(28)24-11-5-12-17(22-7-11)25-26-19(12)29-2/h3-8H,9H2,1-2H3,(H,24,28)(H,22,25,26). The SMILES string of the molecule is COc1n[nH]c2ncc(NC(=O)c3c(Cl)ccc(OCc4cnn(C)c4)c3F)cc12. The Balaban J connectivity index is 1.57. The number of anilines is 1. The van der Waals surface area contributed by atoms with Gasteiger partial charge in [0.1, 0.15) is 6.61 Å². The molecule has 9 nitrogen and oxygen atoms in total. The molecule has 4 aromatic rings. The third-order valence-corrected chi connectivity index (χ3v) is 4.58. The number of rotatable bonds is 6. The second-order valence-electron chi connectivity index (χ2n) is 6.35. The highest BCUT2D eigenvalue weighted by molar-refractivity contribution is 6.34. The summed E-state index contributed by atoms with van der Waals surface area (Å²) in [5.41, 5.74) is 1.23. The minimum Gasteiger partial charge on any atom is -0.486 e. The highest BCUT2D eigenvalue weighted by Gasteiger charge is 2.21. The van der Waals surface area contributed by atoms with E-state index in [-0.39, 0.29) is 22.9 Å². The zero-order valence-electron chi connectivity index (χ0n) is 15.9. The maximum atomic E-state index is 15.0. The van der Waals surface area contributed by atoms with Gasteiger partial charge in [0, 0.05) is 18.8 Å². The molecule has 3 heterocycles. The molecule has 0 fully saturated rings. The minimum absolute atomic E-state index is 0.0475. The van der Waals surface area contributed by atoms with Crippen LogP contribution in [0.3, 0.4) is 0 Å². The van der Waals surface area contributed by atoms with Crippen LogP contribution in [0.1, 0.15) is 15.9 Å². The van der Waals surface area contributed by atoms with Crippen LogP contribution in [-0.4, -0.2) is 38.0 Å². The van der Waals surface area contributed by atoms with E-state index in [1.54, 1.807) is 30.2 Å². The smallest absolute Gasteiger partial charge is 0.260 e. The quantitative estimate of drug-likeness (QED) is 0.486. The summed E-state index contributed by atoms with van der Waals surface area (Å²) in [6.07, 6.45) is 4.76. The fraction of sp³-hybridized carbons (Fsp3) is 0.158. The fourth-order valence-electron chi connectivity index (χ4n) is 2.86. The largest absolute Gasteiger partial charge is 0.486 e. The fourth-order valence-corrected chi connectivity index (χ4v) is 3.09. The van der Waals surface area contributed by atoms with Crippen LogP contribution in [0.25, 0.3) is 11.0 Å². The summed E-state index contributed by atoms with van der Waals surface area (Å²) in [5, 5.41) is 13.8. The number of hydrogen-bond acceptors (Lipinski definition) is 6. The van der Waals surface area contributed by atoms with Crippen molar-refractivity contribution in [2.24, 2.45) is 7.05 Å². The molecule has 4 rings (SSSR count). The number of aromatic amines is 1. The molecule has 0 aliphatic heterocycles. The van der Waals surface area contributed by atoms with E-state index in [1.807, 2.05) is 0 Å². The summed E-state index contributed by atoms with van der Waals surface area (Å²) < 4.78 is 27.2. The number of benzene rings is 1. The van der Waals surface area contributed by atoms with E-state index < -0.39 is 11.7 Å². The number of nitrogens with one attached hydrogen (secondary N) is 2. The molecule has 0 saturated heterocycles. The van der Waals surface area contributed by atoms with Crippen molar-refractivity contribution in [3.05, 3.63) is 58.8 Å². The van der Waals surface area contributed by atoms with Crippen molar-refractivity contribution in [1.82, 2.24) is 25.0 Å². The van der Waals surface area contributed by atoms with E-state index in [0.29, 0.717) is 22.6 Å². The van der Waals surface area contributed by atoms with Crippen molar-refractivity contribution in [2.75, 3.05) is 12.4 Å². The summed E-state index contributed by atoms with van der Waals surface area (Å²) >= 11 is 6.09. The zero-order chi connectivity index (χ0) is 21.3. The van der Waals surface area contributed by atoms with Gasteiger partial charge in [0.2, 0.25) is 5.88 Å². The number of hydrogen-bond donors (Lipinski definition) is 2. The lowest BCUT2D eigenvalue weighted by Crippen LogP contribution is -2.15. The van der Waals surface area contributed by atoms with Crippen molar-refractivity contribution >= 4 is 34.2 Å². The average Bonchev–Trinajstić information content (AvgIpc) is 3.32. The van der Waals surface area contributed by atoms with Gasteiger partial charge in [0.05, 0.1) is 41.2 Å². The highest BCUT2D eigenvalue weighted by Crippen LogP contribution is 2.29. The molecule has 30 heavy (non-hydrogen) atoms. The Morgan fingerprint density at radius 3 is 2.93 bits per heavy atom. The molecule has 0 atom stereocenters. The van der Waals surface area contributed by atoms with E-state index in [0.717, 1.165) is 5.56 Å². The molecule has 1 aromatic carbocycles. The minimum atomic E-state index is -0.862. The Hall–Kier alpha value is -3.66. The molecule has 0 radical (unpaired) electrons. The number of nitrogens with zero attached hydrogens (tertiary/aromatic N) is 4. The lowest BCUT2D eigenvalue weighted by molar-refractivity contribution is 0.102. The number of H-pyrrole nitrogens is 1. The van der Waals surface area contributed by atoms with E-state index in [4.69, 9.17) is 21.1 Å².